The van der Waals surface area contributed by atoms with E-state index >= 15 is 0 Å². The van der Waals surface area contributed by atoms with Gasteiger partial charge in [0.2, 0.25) is 10.0 Å². The molecule has 2 aromatic carbocycles. The van der Waals surface area contributed by atoms with E-state index in [0.717, 1.165) is 25.2 Å². The summed E-state index contributed by atoms with van der Waals surface area (Å²) in [5.74, 6) is -0.623. The molecule has 2 aromatic rings. The minimum atomic E-state index is -3.55. The molecule has 0 saturated carbocycles. The first kappa shape index (κ1) is 20.9. The van der Waals surface area contributed by atoms with Crippen LogP contribution in [0.3, 0.4) is 0 Å². The quantitative estimate of drug-likeness (QED) is 0.665. The van der Waals surface area contributed by atoms with Crippen LogP contribution in [-0.2, 0) is 27.1 Å². The fourth-order valence-electron chi connectivity index (χ4n) is 2.67. The molecule has 2 rings (SSSR count). The number of benzene rings is 2. The molecule has 0 atom stereocenters. The molecule has 1 N–H and O–H groups in total. The van der Waals surface area contributed by atoms with Gasteiger partial charge < -0.3 is 4.74 Å². The maximum Gasteiger partial charge on any atom is 0.337 e. The second kappa shape index (κ2) is 9.53. The Kier molecular flexibility index (Phi) is 7.38. The Balaban J connectivity index is 2.00. The summed E-state index contributed by atoms with van der Waals surface area (Å²) in [7, 11) is -2.24. The van der Waals surface area contributed by atoms with Gasteiger partial charge in [-0.1, -0.05) is 38.1 Å². The van der Waals surface area contributed by atoms with Crippen LogP contribution in [0.15, 0.2) is 48.5 Å². The third kappa shape index (κ3) is 6.37. The number of nitrogens with zero attached hydrogens (tertiary/aromatic N) is 1. The molecule has 0 amide bonds. The molecule has 146 valence electrons. The molecule has 0 aliphatic heterocycles. The van der Waals surface area contributed by atoms with E-state index < -0.39 is 16.0 Å². The molecule has 0 saturated heterocycles. The molecule has 0 bridgehead atoms. The minimum Gasteiger partial charge on any atom is -0.465 e. The summed E-state index contributed by atoms with van der Waals surface area (Å²) in [6.07, 6.45) is 0. The molecule has 0 aromatic heterocycles. The number of hydrogen-bond acceptors (Lipinski definition) is 5. The second-order valence-electron chi connectivity index (χ2n) is 6.21. The molecule has 7 heteroatoms. The van der Waals surface area contributed by atoms with Crippen LogP contribution >= 0.6 is 0 Å². The summed E-state index contributed by atoms with van der Waals surface area (Å²) in [4.78, 5) is 13.7. The average Bonchev–Trinajstić information content (AvgIpc) is 2.66. The molecule has 0 aliphatic rings. The second-order valence-corrected chi connectivity index (χ2v) is 7.93. The number of anilines is 1. The first-order chi connectivity index (χ1) is 12.9. The minimum absolute atomic E-state index is 0.171. The van der Waals surface area contributed by atoms with E-state index in [-0.39, 0.29) is 5.75 Å². The predicted molar refractivity (Wildman–Crippen MR) is 107 cm³/mol. The number of nitrogens with one attached hydrogen (secondary N) is 1. The zero-order valence-corrected chi connectivity index (χ0v) is 16.8. The molecular formula is C20H26N2O4S. The Bertz CT molecular complexity index is 843. The SMILES string of the molecule is CCN(CC)Cc1ccc(NS(=O)(=O)Cc2ccc(C(=O)OC)cc2)cc1. The largest absolute Gasteiger partial charge is 0.465 e. The van der Waals surface area contributed by atoms with Crippen molar-refractivity contribution in [3.8, 4) is 0 Å². The number of carbonyl (C=O) groups is 1. The Morgan fingerprint density at radius 3 is 2.04 bits per heavy atom. The summed E-state index contributed by atoms with van der Waals surface area (Å²) in [6, 6.07) is 13.7. The van der Waals surface area contributed by atoms with Crippen LogP contribution in [0.2, 0.25) is 0 Å². The highest BCUT2D eigenvalue weighted by Gasteiger charge is 2.13. The van der Waals surface area contributed by atoms with Crippen molar-refractivity contribution in [2.75, 3.05) is 24.9 Å². The molecule has 6 nitrogen and oxygen atoms in total. The van der Waals surface area contributed by atoms with Gasteiger partial charge in [-0.2, -0.15) is 0 Å². The Hall–Kier alpha value is -2.38. The molecule has 0 radical (unpaired) electrons. The summed E-state index contributed by atoms with van der Waals surface area (Å²) in [5.41, 5.74) is 2.65. The number of hydrogen-bond donors (Lipinski definition) is 1. The average molecular weight is 391 g/mol. The normalized spacial score (nSPS) is 11.4. The van der Waals surface area contributed by atoms with Crippen LogP contribution < -0.4 is 4.72 Å². The topological polar surface area (TPSA) is 75.7 Å². The van der Waals surface area contributed by atoms with Crippen molar-refractivity contribution < 1.29 is 17.9 Å². The number of rotatable bonds is 9. The van der Waals surface area contributed by atoms with Gasteiger partial charge in [0, 0.05) is 12.2 Å². The first-order valence-electron chi connectivity index (χ1n) is 8.86. The molecule has 0 spiro atoms. The summed E-state index contributed by atoms with van der Waals surface area (Å²) < 4.78 is 32.0. The highest BCUT2D eigenvalue weighted by Crippen LogP contribution is 2.16. The van der Waals surface area contributed by atoms with Gasteiger partial charge in [-0.3, -0.25) is 9.62 Å². The Labute approximate surface area is 161 Å². The van der Waals surface area contributed by atoms with E-state index in [1.54, 1.807) is 36.4 Å². The molecule has 0 unspecified atom stereocenters. The standard InChI is InChI=1S/C20H26N2O4S/c1-4-22(5-2)14-16-8-12-19(13-9-16)21-27(24,25)15-17-6-10-18(11-7-17)20(23)26-3/h6-13,21H,4-5,14-15H2,1-3H3. The number of carbonyl (C=O) groups excluding carboxylic acids is 1. The van der Waals surface area contributed by atoms with Crippen LogP contribution in [0.25, 0.3) is 0 Å². The maximum atomic E-state index is 12.4. The van der Waals surface area contributed by atoms with Gasteiger partial charge in [0.1, 0.15) is 0 Å². The van der Waals surface area contributed by atoms with Crippen molar-refractivity contribution in [2.24, 2.45) is 0 Å². The van der Waals surface area contributed by atoms with E-state index in [0.29, 0.717) is 16.8 Å². The smallest absolute Gasteiger partial charge is 0.337 e. The van der Waals surface area contributed by atoms with Crippen molar-refractivity contribution in [3.63, 3.8) is 0 Å². The lowest BCUT2D eigenvalue weighted by atomic mass is 10.1. The maximum absolute atomic E-state index is 12.4. The third-order valence-electron chi connectivity index (χ3n) is 4.26. The van der Waals surface area contributed by atoms with E-state index in [4.69, 9.17) is 0 Å². The number of methoxy groups -OCH3 is 1. The zero-order chi connectivity index (χ0) is 19.9. The van der Waals surface area contributed by atoms with E-state index in [1.807, 2.05) is 12.1 Å². The van der Waals surface area contributed by atoms with Crippen LogP contribution in [-0.4, -0.2) is 39.5 Å². The summed E-state index contributed by atoms with van der Waals surface area (Å²) >= 11 is 0. The molecule has 0 heterocycles. The van der Waals surface area contributed by atoms with Gasteiger partial charge >= 0.3 is 5.97 Å². The Morgan fingerprint density at radius 2 is 1.52 bits per heavy atom. The number of sulfonamides is 1. The van der Waals surface area contributed by atoms with Gasteiger partial charge in [0.05, 0.1) is 18.4 Å². The molecular weight excluding hydrogens is 364 g/mol. The van der Waals surface area contributed by atoms with Gasteiger partial charge in [0.25, 0.3) is 0 Å². The molecule has 27 heavy (non-hydrogen) atoms. The van der Waals surface area contributed by atoms with Crippen molar-refractivity contribution in [2.45, 2.75) is 26.1 Å². The zero-order valence-electron chi connectivity index (χ0n) is 15.9. The third-order valence-corrected chi connectivity index (χ3v) is 5.52. The predicted octanol–water partition coefficient (Wildman–Crippen LogP) is 3.26. The van der Waals surface area contributed by atoms with Gasteiger partial charge in [0.15, 0.2) is 0 Å². The van der Waals surface area contributed by atoms with Crippen molar-refractivity contribution in [1.29, 1.82) is 0 Å². The number of ether oxygens (including phenoxy) is 1. The van der Waals surface area contributed by atoms with E-state index in [9.17, 15) is 13.2 Å². The van der Waals surface area contributed by atoms with Crippen molar-refractivity contribution in [3.05, 3.63) is 65.2 Å². The molecule has 0 aliphatic carbocycles. The fraction of sp³-hybridized carbons (Fsp3) is 0.350. The fourth-order valence-corrected chi connectivity index (χ4v) is 3.87. The highest BCUT2D eigenvalue weighted by atomic mass is 32.2. The Morgan fingerprint density at radius 1 is 0.963 bits per heavy atom. The lowest BCUT2D eigenvalue weighted by Gasteiger charge is -2.18. The van der Waals surface area contributed by atoms with Crippen molar-refractivity contribution >= 4 is 21.7 Å². The molecule has 0 fully saturated rings. The first-order valence-corrected chi connectivity index (χ1v) is 10.5. The van der Waals surface area contributed by atoms with Gasteiger partial charge in [-0.05, 0) is 48.5 Å². The lowest BCUT2D eigenvalue weighted by Crippen LogP contribution is -2.22. The van der Waals surface area contributed by atoms with Crippen LogP contribution in [0.5, 0.6) is 0 Å². The van der Waals surface area contributed by atoms with Gasteiger partial charge in [-0.15, -0.1) is 0 Å². The lowest BCUT2D eigenvalue weighted by molar-refractivity contribution is 0.0600. The number of esters is 1. The monoisotopic (exact) mass is 390 g/mol. The summed E-state index contributed by atoms with van der Waals surface area (Å²) in [6.45, 7) is 7.01. The van der Waals surface area contributed by atoms with E-state index in [1.165, 1.54) is 7.11 Å². The summed E-state index contributed by atoms with van der Waals surface area (Å²) in [5, 5.41) is 0. The van der Waals surface area contributed by atoms with E-state index in [2.05, 4.69) is 28.2 Å². The highest BCUT2D eigenvalue weighted by molar-refractivity contribution is 7.91. The van der Waals surface area contributed by atoms with Crippen LogP contribution in [0, 0.1) is 0 Å². The van der Waals surface area contributed by atoms with Crippen LogP contribution in [0.1, 0.15) is 35.3 Å². The van der Waals surface area contributed by atoms with Gasteiger partial charge in [-0.25, -0.2) is 13.2 Å². The van der Waals surface area contributed by atoms with Crippen molar-refractivity contribution in [1.82, 2.24) is 4.90 Å². The van der Waals surface area contributed by atoms with Crippen LogP contribution in [0.4, 0.5) is 5.69 Å².